The predicted molar refractivity (Wildman–Crippen MR) is 121 cm³/mol. The van der Waals surface area contributed by atoms with Crippen molar-refractivity contribution >= 4 is 17.9 Å². The first kappa shape index (κ1) is 31.3. The largest absolute Gasteiger partial charge is 0.469 e. The molecule has 0 bridgehead atoms. The van der Waals surface area contributed by atoms with Gasteiger partial charge in [0.15, 0.2) is 0 Å². The first-order valence-corrected chi connectivity index (χ1v) is 11.2. The SMILES string of the molecule is C=C(C)C(=O)OCC.CCC(C)(C)C(=O)OC1CCCCC1O.CCC(C)C(=O)OC. The fourth-order valence-corrected chi connectivity index (χ4v) is 2.28. The molecule has 0 radical (unpaired) electrons. The fraction of sp³-hybridized carbons (Fsp3) is 0.792. The lowest BCUT2D eigenvalue weighted by Crippen LogP contribution is -2.38. The fourth-order valence-electron chi connectivity index (χ4n) is 2.28. The number of methoxy groups -OCH3 is 1. The minimum Gasteiger partial charge on any atom is -0.469 e. The highest BCUT2D eigenvalue weighted by Gasteiger charge is 2.33. The molecule has 1 N–H and O–H groups in total. The van der Waals surface area contributed by atoms with Gasteiger partial charge in [-0.2, -0.15) is 0 Å². The van der Waals surface area contributed by atoms with Gasteiger partial charge < -0.3 is 19.3 Å². The minimum atomic E-state index is -0.463. The summed E-state index contributed by atoms with van der Waals surface area (Å²) < 4.78 is 14.4. The molecule has 3 unspecified atom stereocenters. The number of carbonyl (C=O) groups is 3. The summed E-state index contributed by atoms with van der Waals surface area (Å²) in [6.45, 7) is 16.8. The van der Waals surface area contributed by atoms with Gasteiger partial charge >= 0.3 is 17.9 Å². The Kier molecular flexibility index (Phi) is 16.9. The third-order valence-electron chi connectivity index (χ3n) is 5.20. The lowest BCUT2D eigenvalue weighted by molar-refractivity contribution is -0.168. The minimum absolute atomic E-state index is 0.0556. The van der Waals surface area contributed by atoms with Crippen molar-refractivity contribution in [2.45, 2.75) is 99.2 Å². The Morgan fingerprint density at radius 3 is 2.00 bits per heavy atom. The van der Waals surface area contributed by atoms with E-state index >= 15 is 0 Å². The van der Waals surface area contributed by atoms with Crippen LogP contribution in [0, 0.1) is 11.3 Å². The number of carbonyl (C=O) groups excluding carboxylic acids is 3. The normalized spacial score (nSPS) is 18.7. The van der Waals surface area contributed by atoms with Crippen molar-refractivity contribution in [3.63, 3.8) is 0 Å². The van der Waals surface area contributed by atoms with Gasteiger partial charge in [-0.1, -0.05) is 33.8 Å². The van der Waals surface area contributed by atoms with Crippen molar-refractivity contribution in [2.75, 3.05) is 13.7 Å². The monoisotopic (exact) mass is 444 g/mol. The van der Waals surface area contributed by atoms with Crippen LogP contribution in [-0.2, 0) is 28.6 Å². The van der Waals surface area contributed by atoms with E-state index in [2.05, 4.69) is 16.1 Å². The number of aliphatic hydroxyl groups is 1. The van der Waals surface area contributed by atoms with Crippen LogP contribution in [0.3, 0.4) is 0 Å². The predicted octanol–water partition coefficient (Wildman–Crippen LogP) is 4.60. The molecular weight excluding hydrogens is 400 g/mol. The van der Waals surface area contributed by atoms with Crippen molar-refractivity contribution in [3.05, 3.63) is 12.2 Å². The number of esters is 3. The molecule has 1 rings (SSSR count). The number of aliphatic hydroxyl groups excluding tert-OH is 1. The van der Waals surface area contributed by atoms with E-state index in [1.54, 1.807) is 13.8 Å². The lowest BCUT2D eigenvalue weighted by Gasteiger charge is -2.30. The first-order valence-electron chi connectivity index (χ1n) is 11.2. The van der Waals surface area contributed by atoms with Gasteiger partial charge in [-0.25, -0.2) is 4.79 Å². The lowest BCUT2D eigenvalue weighted by atomic mass is 9.89. The van der Waals surface area contributed by atoms with E-state index in [4.69, 9.17) is 4.74 Å². The second-order valence-corrected chi connectivity index (χ2v) is 8.37. The van der Waals surface area contributed by atoms with Crippen LogP contribution >= 0.6 is 0 Å². The van der Waals surface area contributed by atoms with Crippen LogP contribution in [0.25, 0.3) is 0 Å². The Morgan fingerprint density at radius 1 is 1.13 bits per heavy atom. The molecule has 0 spiro atoms. The zero-order chi connectivity index (χ0) is 24.6. The molecule has 1 aliphatic rings. The number of hydrogen-bond donors (Lipinski definition) is 1. The Balaban J connectivity index is 0. The molecule has 1 saturated carbocycles. The van der Waals surface area contributed by atoms with Crippen molar-refractivity contribution in [1.82, 2.24) is 0 Å². The second kappa shape index (κ2) is 16.8. The van der Waals surface area contributed by atoms with Crippen LogP contribution in [0.4, 0.5) is 0 Å². The molecule has 0 aromatic heterocycles. The summed E-state index contributed by atoms with van der Waals surface area (Å²) in [5.41, 5.74) is 0.0174. The molecule has 0 aromatic carbocycles. The van der Waals surface area contributed by atoms with Crippen LogP contribution in [-0.4, -0.2) is 48.9 Å². The van der Waals surface area contributed by atoms with Gasteiger partial charge in [0, 0.05) is 5.57 Å². The zero-order valence-corrected chi connectivity index (χ0v) is 20.8. The van der Waals surface area contributed by atoms with E-state index < -0.39 is 11.5 Å². The van der Waals surface area contributed by atoms with Gasteiger partial charge in [-0.3, -0.25) is 9.59 Å². The van der Waals surface area contributed by atoms with Crippen LogP contribution < -0.4 is 0 Å². The van der Waals surface area contributed by atoms with Crippen LogP contribution in [0.5, 0.6) is 0 Å². The summed E-state index contributed by atoms with van der Waals surface area (Å²) in [7, 11) is 1.41. The standard InChI is InChI=1S/C12H22O3.C6H12O2.C6H10O2/c1-4-12(2,3)11(14)15-10-8-6-5-7-9(10)13;1-4-5(2)6(7)8-3;1-4-8-6(7)5(2)3/h9-10,13H,4-8H2,1-3H3;5H,4H2,1-3H3;2,4H2,1,3H3. The maximum Gasteiger partial charge on any atom is 0.333 e. The number of hydrogen-bond acceptors (Lipinski definition) is 7. The Bertz CT molecular complexity index is 554. The molecule has 1 aliphatic carbocycles. The molecule has 0 heterocycles. The molecule has 0 aromatic rings. The summed E-state index contributed by atoms with van der Waals surface area (Å²) in [4.78, 5) is 32.7. The summed E-state index contributed by atoms with van der Waals surface area (Å²) in [5.74, 6) is -0.559. The summed E-state index contributed by atoms with van der Waals surface area (Å²) in [5, 5.41) is 9.68. The van der Waals surface area contributed by atoms with Crippen LogP contribution in [0.15, 0.2) is 12.2 Å². The van der Waals surface area contributed by atoms with Gasteiger partial charge in [-0.15, -0.1) is 0 Å². The Labute approximate surface area is 188 Å². The third-order valence-corrected chi connectivity index (χ3v) is 5.20. The van der Waals surface area contributed by atoms with Gasteiger partial charge in [0.1, 0.15) is 6.10 Å². The van der Waals surface area contributed by atoms with Crippen LogP contribution in [0.2, 0.25) is 0 Å². The highest BCUT2D eigenvalue weighted by Crippen LogP contribution is 2.27. The molecule has 7 heteroatoms. The molecule has 7 nitrogen and oxygen atoms in total. The van der Waals surface area contributed by atoms with E-state index in [0.717, 1.165) is 38.5 Å². The average Bonchev–Trinajstić information content (AvgIpc) is 2.75. The van der Waals surface area contributed by atoms with Gasteiger partial charge in [0.2, 0.25) is 0 Å². The molecule has 182 valence electrons. The maximum absolute atomic E-state index is 11.8. The van der Waals surface area contributed by atoms with Crippen molar-refractivity contribution in [1.29, 1.82) is 0 Å². The molecule has 1 fully saturated rings. The van der Waals surface area contributed by atoms with E-state index in [9.17, 15) is 19.5 Å². The smallest absolute Gasteiger partial charge is 0.333 e. The highest BCUT2D eigenvalue weighted by atomic mass is 16.6. The molecule has 3 atom stereocenters. The van der Waals surface area contributed by atoms with Crippen molar-refractivity contribution in [2.24, 2.45) is 11.3 Å². The molecule has 31 heavy (non-hydrogen) atoms. The summed E-state index contributed by atoms with van der Waals surface area (Å²) in [6, 6.07) is 0. The zero-order valence-electron chi connectivity index (χ0n) is 20.8. The maximum atomic E-state index is 11.8. The van der Waals surface area contributed by atoms with Gasteiger partial charge in [-0.05, 0) is 59.8 Å². The van der Waals surface area contributed by atoms with Crippen molar-refractivity contribution < 1.29 is 33.7 Å². The molecule has 0 saturated heterocycles. The summed E-state index contributed by atoms with van der Waals surface area (Å²) in [6.07, 6.45) is 4.50. The Morgan fingerprint density at radius 2 is 1.68 bits per heavy atom. The Hall–Kier alpha value is -1.89. The first-order chi connectivity index (χ1) is 14.4. The third kappa shape index (κ3) is 13.9. The molecule has 0 aliphatic heterocycles. The topological polar surface area (TPSA) is 99.1 Å². The number of rotatable bonds is 7. The molecular formula is C24H44O7. The summed E-state index contributed by atoms with van der Waals surface area (Å²) >= 11 is 0. The highest BCUT2D eigenvalue weighted by molar-refractivity contribution is 5.86. The van der Waals surface area contributed by atoms with E-state index in [-0.39, 0.29) is 29.9 Å². The van der Waals surface area contributed by atoms with Gasteiger partial charge in [0.05, 0.1) is 31.2 Å². The van der Waals surface area contributed by atoms with Crippen molar-refractivity contribution in [3.8, 4) is 0 Å². The quantitative estimate of drug-likeness (QED) is 0.348. The van der Waals surface area contributed by atoms with E-state index in [1.165, 1.54) is 7.11 Å². The van der Waals surface area contributed by atoms with Crippen LogP contribution in [0.1, 0.15) is 87.0 Å². The second-order valence-electron chi connectivity index (χ2n) is 8.37. The van der Waals surface area contributed by atoms with E-state index in [0.29, 0.717) is 12.2 Å². The van der Waals surface area contributed by atoms with E-state index in [1.807, 2.05) is 34.6 Å². The van der Waals surface area contributed by atoms with Gasteiger partial charge in [0.25, 0.3) is 0 Å². The average molecular weight is 445 g/mol. The number of ether oxygens (including phenoxy) is 3. The molecule has 0 amide bonds.